The summed E-state index contributed by atoms with van der Waals surface area (Å²) < 4.78 is 28.6. The van der Waals surface area contributed by atoms with Crippen LogP contribution in [0, 0.1) is 5.92 Å². The van der Waals surface area contributed by atoms with Crippen molar-refractivity contribution in [3.05, 3.63) is 0 Å². The Kier molecular flexibility index (Phi) is 5.59. The monoisotopic (exact) mass is 334 g/mol. The minimum absolute atomic E-state index is 0.0277. The first-order valence-corrected chi connectivity index (χ1v) is 9.41. The Labute approximate surface area is 133 Å². The fourth-order valence-corrected chi connectivity index (χ4v) is 4.92. The van der Waals surface area contributed by atoms with Gasteiger partial charge in [0.25, 0.3) is 10.2 Å². The Hall–Kier alpha value is -0.280. The van der Waals surface area contributed by atoms with E-state index in [9.17, 15) is 8.42 Å². The molecule has 0 spiro atoms. The number of thiocarbonyl (C=S) groups is 1. The third-order valence-corrected chi connectivity index (χ3v) is 6.85. The fourth-order valence-electron chi connectivity index (χ4n) is 3.02. The molecular formula is C13H26N4O2S2. The number of nitrogens with two attached hydrogens (primary N) is 1. The predicted molar refractivity (Wildman–Crippen MR) is 88.3 cm³/mol. The van der Waals surface area contributed by atoms with Crippen LogP contribution < -0.4 is 5.73 Å². The van der Waals surface area contributed by atoms with Crippen molar-refractivity contribution >= 4 is 27.4 Å². The summed E-state index contributed by atoms with van der Waals surface area (Å²) in [4.78, 5) is 2.61. The Balaban J connectivity index is 1.96. The van der Waals surface area contributed by atoms with E-state index in [0.29, 0.717) is 50.2 Å². The van der Waals surface area contributed by atoms with Gasteiger partial charge in [0, 0.05) is 39.3 Å². The Morgan fingerprint density at radius 3 is 2.33 bits per heavy atom. The standard InChI is InChI=1S/C13H26N4O2S2/c1-11-4-3-5-17(10-11)21(18,19)16-8-6-15(7-9-16)12(2)13(14)20/h11-12H,3-10H2,1-2H3,(H2,14,20). The minimum Gasteiger partial charge on any atom is -0.392 e. The van der Waals surface area contributed by atoms with Gasteiger partial charge in [0.2, 0.25) is 0 Å². The molecule has 2 heterocycles. The molecule has 8 heteroatoms. The zero-order valence-electron chi connectivity index (χ0n) is 12.9. The highest BCUT2D eigenvalue weighted by Gasteiger charge is 2.35. The van der Waals surface area contributed by atoms with Gasteiger partial charge >= 0.3 is 0 Å². The van der Waals surface area contributed by atoms with E-state index in [0.717, 1.165) is 12.8 Å². The molecule has 2 aliphatic heterocycles. The number of rotatable bonds is 4. The van der Waals surface area contributed by atoms with Crippen LogP contribution in [0.15, 0.2) is 0 Å². The molecule has 21 heavy (non-hydrogen) atoms. The predicted octanol–water partition coefficient (Wildman–Crippen LogP) is 0.255. The summed E-state index contributed by atoms with van der Waals surface area (Å²) in [6.07, 6.45) is 2.07. The first kappa shape index (κ1) is 17.1. The van der Waals surface area contributed by atoms with Crippen molar-refractivity contribution < 1.29 is 8.42 Å². The number of piperazine rings is 1. The summed E-state index contributed by atoms with van der Waals surface area (Å²) in [5, 5.41) is 0. The van der Waals surface area contributed by atoms with E-state index >= 15 is 0 Å². The topological polar surface area (TPSA) is 69.9 Å². The average molecular weight is 335 g/mol. The minimum atomic E-state index is -3.31. The van der Waals surface area contributed by atoms with Crippen molar-refractivity contribution in [2.24, 2.45) is 11.7 Å². The van der Waals surface area contributed by atoms with E-state index in [1.54, 1.807) is 8.61 Å². The van der Waals surface area contributed by atoms with Gasteiger partial charge in [0.1, 0.15) is 0 Å². The van der Waals surface area contributed by atoms with E-state index in [4.69, 9.17) is 18.0 Å². The number of piperidine rings is 1. The van der Waals surface area contributed by atoms with Gasteiger partial charge in [-0.3, -0.25) is 4.90 Å². The van der Waals surface area contributed by atoms with Crippen molar-refractivity contribution in [3.63, 3.8) is 0 Å². The molecule has 2 saturated heterocycles. The third kappa shape index (κ3) is 3.92. The van der Waals surface area contributed by atoms with Crippen molar-refractivity contribution in [2.45, 2.75) is 32.7 Å². The summed E-state index contributed by atoms with van der Waals surface area (Å²) in [6.45, 7) is 7.77. The van der Waals surface area contributed by atoms with Gasteiger partial charge in [-0.15, -0.1) is 0 Å². The molecule has 2 rings (SSSR count). The molecule has 0 aromatic heterocycles. The summed E-state index contributed by atoms with van der Waals surface area (Å²) in [6, 6.07) is 0.0277. The fraction of sp³-hybridized carbons (Fsp3) is 0.923. The second kappa shape index (κ2) is 6.87. The molecule has 6 nitrogen and oxygen atoms in total. The second-order valence-electron chi connectivity index (χ2n) is 6.13. The van der Waals surface area contributed by atoms with Crippen molar-refractivity contribution in [1.29, 1.82) is 0 Å². The molecule has 2 N–H and O–H groups in total. The average Bonchev–Trinajstić information content (AvgIpc) is 2.46. The second-order valence-corrected chi connectivity index (χ2v) is 8.53. The van der Waals surface area contributed by atoms with Crippen molar-refractivity contribution in [3.8, 4) is 0 Å². The van der Waals surface area contributed by atoms with Gasteiger partial charge in [-0.1, -0.05) is 19.1 Å². The molecule has 0 aromatic carbocycles. The maximum atomic E-state index is 12.7. The zero-order valence-corrected chi connectivity index (χ0v) is 14.5. The van der Waals surface area contributed by atoms with Crippen LogP contribution in [0.3, 0.4) is 0 Å². The van der Waals surface area contributed by atoms with Gasteiger partial charge in [0.15, 0.2) is 0 Å². The molecule has 2 aliphatic rings. The van der Waals surface area contributed by atoms with E-state index in [1.165, 1.54) is 0 Å². The highest BCUT2D eigenvalue weighted by atomic mass is 32.2. The molecule has 0 aliphatic carbocycles. The molecule has 2 atom stereocenters. The van der Waals surface area contributed by atoms with Crippen LogP contribution in [0.5, 0.6) is 0 Å². The van der Waals surface area contributed by atoms with Crippen LogP contribution in [0.1, 0.15) is 26.7 Å². The largest absolute Gasteiger partial charge is 0.392 e. The number of hydrogen-bond donors (Lipinski definition) is 1. The van der Waals surface area contributed by atoms with Gasteiger partial charge in [-0.05, 0) is 25.7 Å². The van der Waals surface area contributed by atoms with Crippen LogP contribution >= 0.6 is 12.2 Å². The number of hydrogen-bond acceptors (Lipinski definition) is 4. The molecule has 122 valence electrons. The normalized spacial score (nSPS) is 28.4. The maximum absolute atomic E-state index is 12.7. The van der Waals surface area contributed by atoms with E-state index in [2.05, 4.69) is 11.8 Å². The molecule has 0 radical (unpaired) electrons. The molecule has 0 amide bonds. The van der Waals surface area contributed by atoms with Crippen LogP contribution in [0.2, 0.25) is 0 Å². The Morgan fingerprint density at radius 1 is 1.19 bits per heavy atom. The van der Waals surface area contributed by atoms with Crippen LogP contribution in [0.25, 0.3) is 0 Å². The van der Waals surface area contributed by atoms with E-state index < -0.39 is 10.2 Å². The molecule has 0 saturated carbocycles. The highest BCUT2D eigenvalue weighted by molar-refractivity contribution is 7.86. The lowest BCUT2D eigenvalue weighted by Gasteiger charge is -2.40. The molecule has 0 bridgehead atoms. The summed E-state index contributed by atoms with van der Waals surface area (Å²) >= 11 is 5.01. The first-order valence-electron chi connectivity index (χ1n) is 7.61. The van der Waals surface area contributed by atoms with Crippen molar-refractivity contribution in [2.75, 3.05) is 39.3 Å². The maximum Gasteiger partial charge on any atom is 0.282 e. The molecule has 2 fully saturated rings. The van der Waals surface area contributed by atoms with Crippen molar-refractivity contribution in [1.82, 2.24) is 13.5 Å². The summed E-state index contributed by atoms with van der Waals surface area (Å²) in [5.74, 6) is 0.449. The quantitative estimate of drug-likeness (QED) is 0.747. The molecular weight excluding hydrogens is 308 g/mol. The molecule has 0 aromatic rings. The lowest BCUT2D eigenvalue weighted by Crippen LogP contribution is -2.57. The SMILES string of the molecule is CC1CCCN(S(=O)(=O)N2CCN(C(C)C(N)=S)CC2)C1. The van der Waals surface area contributed by atoms with Crippen LogP contribution in [-0.2, 0) is 10.2 Å². The van der Waals surface area contributed by atoms with Crippen LogP contribution in [0.4, 0.5) is 0 Å². The highest BCUT2D eigenvalue weighted by Crippen LogP contribution is 2.21. The smallest absolute Gasteiger partial charge is 0.282 e. The Bertz CT molecular complexity index is 475. The lowest BCUT2D eigenvalue weighted by atomic mass is 10.0. The van der Waals surface area contributed by atoms with Gasteiger partial charge in [0.05, 0.1) is 11.0 Å². The van der Waals surface area contributed by atoms with Gasteiger partial charge in [-0.25, -0.2) is 0 Å². The summed E-state index contributed by atoms with van der Waals surface area (Å²) in [7, 11) is -3.31. The van der Waals surface area contributed by atoms with E-state index in [1.807, 2.05) is 6.92 Å². The van der Waals surface area contributed by atoms with Crippen LogP contribution in [-0.4, -0.2) is 72.2 Å². The molecule has 2 unspecified atom stereocenters. The van der Waals surface area contributed by atoms with Gasteiger partial charge in [-0.2, -0.15) is 17.0 Å². The Morgan fingerprint density at radius 2 is 1.81 bits per heavy atom. The first-order chi connectivity index (χ1) is 9.82. The summed E-state index contributed by atoms with van der Waals surface area (Å²) in [5.41, 5.74) is 5.67. The zero-order chi connectivity index (χ0) is 15.6. The number of nitrogens with zero attached hydrogens (tertiary/aromatic N) is 3. The van der Waals surface area contributed by atoms with E-state index in [-0.39, 0.29) is 6.04 Å². The lowest BCUT2D eigenvalue weighted by molar-refractivity contribution is 0.164. The van der Waals surface area contributed by atoms with Gasteiger partial charge < -0.3 is 5.73 Å². The third-order valence-electron chi connectivity index (χ3n) is 4.51.